The molecule has 13 heavy (non-hydrogen) atoms. The second-order valence-corrected chi connectivity index (χ2v) is 6.13. The van der Waals surface area contributed by atoms with E-state index in [1.807, 2.05) is 0 Å². The van der Waals surface area contributed by atoms with Crippen LogP contribution in [0.5, 0.6) is 0 Å². The molecule has 1 aromatic rings. The van der Waals surface area contributed by atoms with Crippen LogP contribution in [0.1, 0.15) is 10.8 Å². The molecule has 0 bridgehead atoms. The molecular weight excluding hydrogens is 248 g/mol. The van der Waals surface area contributed by atoms with E-state index in [1.165, 1.54) is 8.66 Å². The van der Waals surface area contributed by atoms with Crippen molar-refractivity contribution < 1.29 is 0 Å². The molecule has 1 aromatic heterocycles. The molecule has 2 heterocycles. The van der Waals surface area contributed by atoms with Gasteiger partial charge in [-0.1, -0.05) is 0 Å². The Morgan fingerprint density at radius 1 is 1.54 bits per heavy atom. The van der Waals surface area contributed by atoms with Gasteiger partial charge in [-0.2, -0.15) is 0 Å². The maximum absolute atomic E-state index is 6.06. The molecule has 2 N–H and O–H groups in total. The number of nitrogens with zero attached hydrogens (tertiary/aromatic N) is 1. The smallest absolute Gasteiger partial charge is 0.0701 e. The Labute approximate surface area is 90.9 Å². The van der Waals surface area contributed by atoms with Crippen LogP contribution in [0.4, 0.5) is 0 Å². The van der Waals surface area contributed by atoms with Crippen molar-refractivity contribution in [3.63, 3.8) is 0 Å². The maximum atomic E-state index is 6.06. The van der Waals surface area contributed by atoms with E-state index < -0.39 is 0 Å². The molecule has 1 aliphatic heterocycles. The number of thiophene rings is 1. The number of rotatable bonds is 1. The average molecular weight is 261 g/mol. The Hall–Kier alpha value is 0.1000. The summed E-state index contributed by atoms with van der Waals surface area (Å²) in [6, 6.07) is 4.58. The molecule has 1 saturated heterocycles. The molecule has 72 valence electrons. The van der Waals surface area contributed by atoms with Gasteiger partial charge in [0, 0.05) is 29.9 Å². The number of hydrogen-bond acceptors (Lipinski definition) is 3. The predicted octanol–water partition coefficient (Wildman–Crippen LogP) is 1.87. The minimum atomic E-state index is 0.301. The highest BCUT2D eigenvalue weighted by Crippen LogP contribution is 2.33. The minimum Gasteiger partial charge on any atom is -0.326 e. The SMILES string of the molecule is CN1CC(N)C(c2ccc(Br)s2)C1. The highest BCUT2D eigenvalue weighted by atomic mass is 79.9. The van der Waals surface area contributed by atoms with Crippen molar-refractivity contribution in [3.8, 4) is 0 Å². The van der Waals surface area contributed by atoms with Crippen molar-refractivity contribution in [2.45, 2.75) is 12.0 Å². The quantitative estimate of drug-likeness (QED) is 0.836. The van der Waals surface area contributed by atoms with Gasteiger partial charge in [-0.05, 0) is 35.1 Å². The lowest BCUT2D eigenvalue weighted by atomic mass is 10.0. The van der Waals surface area contributed by atoms with Crippen molar-refractivity contribution in [2.75, 3.05) is 20.1 Å². The summed E-state index contributed by atoms with van der Waals surface area (Å²) in [6.07, 6.45) is 0. The van der Waals surface area contributed by atoms with Gasteiger partial charge in [-0.15, -0.1) is 11.3 Å². The van der Waals surface area contributed by atoms with E-state index in [1.54, 1.807) is 11.3 Å². The Morgan fingerprint density at radius 3 is 2.77 bits per heavy atom. The van der Waals surface area contributed by atoms with E-state index in [0.717, 1.165) is 13.1 Å². The molecular formula is C9H13BrN2S. The lowest BCUT2D eigenvalue weighted by molar-refractivity contribution is 0.408. The van der Waals surface area contributed by atoms with Crippen molar-refractivity contribution in [1.82, 2.24) is 4.90 Å². The number of nitrogens with two attached hydrogens (primary N) is 1. The summed E-state index contributed by atoms with van der Waals surface area (Å²) in [6.45, 7) is 2.11. The molecule has 0 spiro atoms. The fourth-order valence-corrected chi connectivity index (χ4v) is 3.45. The molecule has 0 amide bonds. The zero-order chi connectivity index (χ0) is 9.42. The number of likely N-dealkylation sites (N-methyl/N-ethyl adjacent to an activating group) is 1. The Balaban J connectivity index is 2.17. The Morgan fingerprint density at radius 2 is 2.31 bits per heavy atom. The van der Waals surface area contributed by atoms with Crippen LogP contribution in [0.25, 0.3) is 0 Å². The number of halogens is 1. The summed E-state index contributed by atoms with van der Waals surface area (Å²) in [5.74, 6) is 0.529. The van der Waals surface area contributed by atoms with Gasteiger partial charge in [0.05, 0.1) is 3.79 Å². The summed E-state index contributed by atoms with van der Waals surface area (Å²) < 4.78 is 1.20. The molecule has 0 aromatic carbocycles. The zero-order valence-corrected chi connectivity index (χ0v) is 9.94. The van der Waals surface area contributed by atoms with Crippen LogP contribution in [-0.2, 0) is 0 Å². The fourth-order valence-electron chi connectivity index (χ4n) is 1.86. The average Bonchev–Trinajstić information content (AvgIpc) is 2.58. The molecule has 2 nitrogen and oxygen atoms in total. The molecule has 4 heteroatoms. The van der Waals surface area contributed by atoms with Gasteiger partial charge in [0.15, 0.2) is 0 Å². The summed E-state index contributed by atoms with van der Waals surface area (Å²) in [7, 11) is 2.13. The van der Waals surface area contributed by atoms with Gasteiger partial charge < -0.3 is 10.6 Å². The number of hydrogen-bond donors (Lipinski definition) is 1. The first-order valence-corrected chi connectivity index (χ1v) is 5.97. The second kappa shape index (κ2) is 3.69. The second-order valence-electron chi connectivity index (χ2n) is 3.63. The summed E-state index contributed by atoms with van der Waals surface area (Å²) in [5.41, 5.74) is 6.06. The number of likely N-dealkylation sites (tertiary alicyclic amines) is 1. The normalized spacial score (nSPS) is 29.8. The highest BCUT2D eigenvalue weighted by Gasteiger charge is 2.29. The Kier molecular flexibility index (Phi) is 2.74. The summed E-state index contributed by atoms with van der Waals surface area (Å²) in [5, 5.41) is 0. The van der Waals surface area contributed by atoms with Crippen LogP contribution in [-0.4, -0.2) is 31.1 Å². The largest absolute Gasteiger partial charge is 0.326 e. The van der Waals surface area contributed by atoms with Crippen LogP contribution < -0.4 is 5.73 Å². The van der Waals surface area contributed by atoms with E-state index in [-0.39, 0.29) is 0 Å². The molecule has 2 rings (SSSR count). The zero-order valence-electron chi connectivity index (χ0n) is 7.53. The van der Waals surface area contributed by atoms with E-state index in [0.29, 0.717) is 12.0 Å². The first-order chi connectivity index (χ1) is 6.16. The van der Waals surface area contributed by atoms with Crippen LogP contribution in [0.15, 0.2) is 15.9 Å². The lowest BCUT2D eigenvalue weighted by Gasteiger charge is -2.11. The van der Waals surface area contributed by atoms with Crippen molar-refractivity contribution >= 4 is 27.3 Å². The summed E-state index contributed by atoms with van der Waals surface area (Å²) >= 11 is 5.28. The van der Waals surface area contributed by atoms with E-state index in [9.17, 15) is 0 Å². The molecule has 2 atom stereocenters. The monoisotopic (exact) mass is 260 g/mol. The van der Waals surface area contributed by atoms with Crippen LogP contribution >= 0.6 is 27.3 Å². The van der Waals surface area contributed by atoms with Gasteiger partial charge in [0.2, 0.25) is 0 Å². The van der Waals surface area contributed by atoms with Crippen LogP contribution in [0.2, 0.25) is 0 Å². The molecule has 0 aliphatic carbocycles. The molecule has 1 fully saturated rings. The third-order valence-corrected chi connectivity index (χ3v) is 4.26. The van der Waals surface area contributed by atoms with Crippen molar-refractivity contribution in [1.29, 1.82) is 0 Å². The van der Waals surface area contributed by atoms with Gasteiger partial charge in [0.25, 0.3) is 0 Å². The first-order valence-electron chi connectivity index (χ1n) is 4.36. The minimum absolute atomic E-state index is 0.301. The Bertz CT molecular complexity index is 300. The fraction of sp³-hybridized carbons (Fsp3) is 0.556. The maximum Gasteiger partial charge on any atom is 0.0701 e. The van der Waals surface area contributed by atoms with Crippen LogP contribution in [0, 0.1) is 0 Å². The summed E-state index contributed by atoms with van der Waals surface area (Å²) in [4.78, 5) is 3.70. The van der Waals surface area contributed by atoms with Gasteiger partial charge >= 0.3 is 0 Å². The van der Waals surface area contributed by atoms with E-state index in [2.05, 4.69) is 40.0 Å². The van der Waals surface area contributed by atoms with Crippen molar-refractivity contribution in [2.24, 2.45) is 5.73 Å². The predicted molar refractivity (Wildman–Crippen MR) is 60.2 cm³/mol. The molecule has 0 radical (unpaired) electrons. The van der Waals surface area contributed by atoms with Gasteiger partial charge in [-0.25, -0.2) is 0 Å². The van der Waals surface area contributed by atoms with Gasteiger partial charge in [0.1, 0.15) is 0 Å². The van der Waals surface area contributed by atoms with Crippen LogP contribution in [0.3, 0.4) is 0 Å². The molecule has 0 saturated carbocycles. The third-order valence-electron chi connectivity index (χ3n) is 2.51. The van der Waals surface area contributed by atoms with E-state index in [4.69, 9.17) is 5.73 Å². The van der Waals surface area contributed by atoms with E-state index >= 15 is 0 Å². The highest BCUT2D eigenvalue weighted by molar-refractivity contribution is 9.11. The van der Waals surface area contributed by atoms with Gasteiger partial charge in [-0.3, -0.25) is 0 Å². The standard InChI is InChI=1S/C9H13BrN2S/c1-12-4-6(7(11)5-12)8-2-3-9(10)13-8/h2-3,6-7H,4-5,11H2,1H3. The lowest BCUT2D eigenvalue weighted by Crippen LogP contribution is -2.27. The topological polar surface area (TPSA) is 29.3 Å². The molecule has 1 aliphatic rings. The first kappa shape index (κ1) is 9.65. The van der Waals surface area contributed by atoms with Crippen molar-refractivity contribution in [3.05, 3.63) is 20.8 Å². The third kappa shape index (κ3) is 1.96. The molecule has 2 unspecified atom stereocenters.